The van der Waals surface area contributed by atoms with Crippen LogP contribution in [0.25, 0.3) is 0 Å². The predicted molar refractivity (Wildman–Crippen MR) is 109 cm³/mol. The maximum absolute atomic E-state index is 13.2. The van der Waals surface area contributed by atoms with Gasteiger partial charge in [-0.1, -0.05) is 0 Å². The third-order valence-corrected chi connectivity index (χ3v) is 6.55. The molecule has 1 amide bonds. The van der Waals surface area contributed by atoms with Crippen LogP contribution in [0.5, 0.6) is 0 Å². The number of hydrogen-bond donors (Lipinski definition) is 0. The molecule has 2 aromatic rings. The number of piperidine rings is 1. The normalized spacial score (nSPS) is 24.0. The van der Waals surface area contributed by atoms with E-state index in [2.05, 4.69) is 14.9 Å². The molecule has 4 heterocycles. The molecule has 2 saturated heterocycles. The highest BCUT2D eigenvalue weighted by molar-refractivity contribution is 5.94. The predicted octanol–water partition coefficient (Wildman–Crippen LogP) is 2.14. The van der Waals surface area contributed by atoms with Gasteiger partial charge in [0.1, 0.15) is 11.6 Å². The molecule has 0 bridgehead atoms. The number of likely N-dealkylation sites (tertiary alicyclic amines) is 1. The number of fused-ring (bicyclic) bond motifs is 2. The van der Waals surface area contributed by atoms with E-state index >= 15 is 0 Å². The number of pyridine rings is 1. The average molecular weight is 393 g/mol. The van der Waals surface area contributed by atoms with Gasteiger partial charge in [0.15, 0.2) is 0 Å². The highest BCUT2D eigenvalue weighted by atomic mass is 16.5. The fraction of sp³-hybridized carbons (Fsp3) is 0.545. The van der Waals surface area contributed by atoms with E-state index in [4.69, 9.17) is 9.72 Å². The van der Waals surface area contributed by atoms with Crippen LogP contribution in [0.3, 0.4) is 0 Å². The van der Waals surface area contributed by atoms with E-state index in [0.717, 1.165) is 76.7 Å². The van der Waals surface area contributed by atoms with Gasteiger partial charge in [0, 0.05) is 44.0 Å². The van der Waals surface area contributed by atoms with Crippen LogP contribution in [0.4, 0.5) is 5.82 Å². The topological polar surface area (TPSA) is 71.5 Å². The van der Waals surface area contributed by atoms with E-state index in [9.17, 15) is 4.79 Å². The van der Waals surface area contributed by atoms with Gasteiger partial charge in [0.2, 0.25) is 0 Å². The quantitative estimate of drug-likeness (QED) is 0.779. The zero-order valence-electron chi connectivity index (χ0n) is 16.9. The Labute approximate surface area is 171 Å². The molecule has 0 aromatic carbocycles. The Morgan fingerprint density at radius 3 is 2.76 bits per heavy atom. The Morgan fingerprint density at radius 1 is 1.10 bits per heavy atom. The van der Waals surface area contributed by atoms with Crippen LogP contribution in [0.15, 0.2) is 24.5 Å². The molecule has 2 fully saturated rings. The van der Waals surface area contributed by atoms with Crippen LogP contribution in [0.1, 0.15) is 46.7 Å². The Bertz CT molecular complexity index is 906. The number of aromatic nitrogens is 3. The molecular weight excluding hydrogens is 366 g/mol. The molecule has 5 rings (SSSR count). The van der Waals surface area contributed by atoms with Gasteiger partial charge in [0.25, 0.3) is 5.91 Å². The first-order valence-corrected chi connectivity index (χ1v) is 10.6. The van der Waals surface area contributed by atoms with Gasteiger partial charge in [-0.3, -0.25) is 4.79 Å². The van der Waals surface area contributed by atoms with Crippen molar-refractivity contribution in [3.63, 3.8) is 0 Å². The highest BCUT2D eigenvalue weighted by Gasteiger charge is 2.44. The van der Waals surface area contributed by atoms with Crippen LogP contribution in [-0.4, -0.2) is 65.2 Å². The molecule has 1 unspecified atom stereocenters. The molecule has 29 heavy (non-hydrogen) atoms. The molecule has 1 aliphatic carbocycles. The summed E-state index contributed by atoms with van der Waals surface area (Å²) in [5, 5.41) is 0. The van der Waals surface area contributed by atoms with E-state index in [1.807, 2.05) is 30.2 Å². The number of morpholine rings is 1. The number of ether oxygens (including phenoxy) is 1. The fourth-order valence-corrected chi connectivity index (χ4v) is 5.01. The van der Waals surface area contributed by atoms with Gasteiger partial charge >= 0.3 is 0 Å². The molecule has 2 aromatic heterocycles. The molecule has 0 radical (unpaired) electrons. The monoisotopic (exact) mass is 393 g/mol. The van der Waals surface area contributed by atoms with E-state index in [1.165, 1.54) is 11.3 Å². The standard InChI is InChI=1S/C22H27N5O2/c1-16-23-13-17-5-7-22(20(17)25-16)6-2-8-27(15-22)21(28)18-3-4-19(24-14-18)26-9-11-29-12-10-26/h3-4,13-14H,2,5-12,15H2,1H3. The SMILES string of the molecule is Cc1ncc2c(n1)C1(CCCN(C(=O)c3ccc(N4CCOCC4)nc3)C1)CC2. The van der Waals surface area contributed by atoms with Gasteiger partial charge in [-0.15, -0.1) is 0 Å². The van der Waals surface area contributed by atoms with Gasteiger partial charge < -0.3 is 14.5 Å². The summed E-state index contributed by atoms with van der Waals surface area (Å²) >= 11 is 0. The van der Waals surface area contributed by atoms with Crippen molar-refractivity contribution in [3.05, 3.63) is 47.2 Å². The van der Waals surface area contributed by atoms with E-state index in [0.29, 0.717) is 5.56 Å². The lowest BCUT2D eigenvalue weighted by Crippen LogP contribution is -2.48. The number of aryl methyl sites for hydroxylation is 2. The minimum Gasteiger partial charge on any atom is -0.378 e. The van der Waals surface area contributed by atoms with Crippen LogP contribution >= 0.6 is 0 Å². The first-order valence-electron chi connectivity index (χ1n) is 10.6. The van der Waals surface area contributed by atoms with E-state index in [-0.39, 0.29) is 11.3 Å². The Morgan fingerprint density at radius 2 is 1.97 bits per heavy atom. The van der Waals surface area contributed by atoms with Crippen LogP contribution in [-0.2, 0) is 16.6 Å². The third-order valence-electron chi connectivity index (χ3n) is 6.55. The number of nitrogens with zero attached hydrogens (tertiary/aromatic N) is 5. The second-order valence-electron chi connectivity index (χ2n) is 8.41. The summed E-state index contributed by atoms with van der Waals surface area (Å²) in [5.41, 5.74) is 3.07. The molecule has 152 valence electrons. The van der Waals surface area contributed by atoms with Crippen molar-refractivity contribution in [2.24, 2.45) is 0 Å². The largest absolute Gasteiger partial charge is 0.378 e. The lowest BCUT2D eigenvalue weighted by Gasteiger charge is -2.40. The molecule has 0 saturated carbocycles. The Hall–Kier alpha value is -2.54. The van der Waals surface area contributed by atoms with Crippen molar-refractivity contribution in [3.8, 4) is 0 Å². The lowest BCUT2D eigenvalue weighted by atomic mass is 9.77. The van der Waals surface area contributed by atoms with Crippen LogP contribution in [0.2, 0.25) is 0 Å². The van der Waals surface area contributed by atoms with Gasteiger partial charge in [0.05, 0.1) is 24.5 Å². The van der Waals surface area contributed by atoms with Gasteiger partial charge in [-0.25, -0.2) is 15.0 Å². The Balaban J connectivity index is 1.34. The molecule has 7 heteroatoms. The number of hydrogen-bond acceptors (Lipinski definition) is 6. The highest BCUT2D eigenvalue weighted by Crippen LogP contribution is 2.44. The molecule has 1 spiro atoms. The van der Waals surface area contributed by atoms with Crippen molar-refractivity contribution in [1.29, 1.82) is 0 Å². The first-order chi connectivity index (χ1) is 14.1. The molecule has 3 aliphatic rings. The minimum atomic E-state index is -0.0158. The van der Waals surface area contributed by atoms with Gasteiger partial charge in [-0.2, -0.15) is 0 Å². The lowest BCUT2D eigenvalue weighted by molar-refractivity contribution is 0.0633. The number of amides is 1. The van der Waals surface area contributed by atoms with Gasteiger partial charge in [-0.05, 0) is 50.3 Å². The first kappa shape index (κ1) is 18.5. The summed E-state index contributed by atoms with van der Waals surface area (Å²) in [6, 6.07) is 3.87. The Kier molecular flexibility index (Phi) is 4.70. The maximum atomic E-state index is 13.2. The summed E-state index contributed by atoms with van der Waals surface area (Å²) < 4.78 is 5.40. The zero-order valence-corrected chi connectivity index (χ0v) is 16.9. The molecular formula is C22H27N5O2. The summed E-state index contributed by atoms with van der Waals surface area (Å²) in [7, 11) is 0. The number of anilines is 1. The molecule has 7 nitrogen and oxygen atoms in total. The van der Waals surface area contributed by atoms with Crippen molar-refractivity contribution in [1.82, 2.24) is 19.9 Å². The maximum Gasteiger partial charge on any atom is 0.255 e. The van der Waals surface area contributed by atoms with E-state index < -0.39 is 0 Å². The molecule has 2 aliphatic heterocycles. The van der Waals surface area contributed by atoms with E-state index in [1.54, 1.807) is 6.20 Å². The van der Waals surface area contributed by atoms with Crippen molar-refractivity contribution >= 4 is 11.7 Å². The summed E-state index contributed by atoms with van der Waals surface area (Å²) in [5.74, 6) is 1.80. The van der Waals surface area contributed by atoms with Crippen molar-refractivity contribution in [2.75, 3.05) is 44.3 Å². The average Bonchev–Trinajstić information content (AvgIpc) is 3.11. The zero-order chi connectivity index (χ0) is 19.8. The molecule has 0 N–H and O–H groups in total. The van der Waals surface area contributed by atoms with Crippen molar-refractivity contribution < 1.29 is 9.53 Å². The van der Waals surface area contributed by atoms with Crippen LogP contribution in [0, 0.1) is 6.92 Å². The van der Waals surface area contributed by atoms with Crippen LogP contribution < -0.4 is 4.90 Å². The summed E-state index contributed by atoms with van der Waals surface area (Å²) in [6.45, 7) is 6.61. The second-order valence-corrected chi connectivity index (χ2v) is 8.41. The number of rotatable bonds is 2. The number of carbonyl (C=O) groups excluding carboxylic acids is 1. The minimum absolute atomic E-state index is 0.0158. The second kappa shape index (κ2) is 7.37. The third kappa shape index (κ3) is 3.37. The number of carbonyl (C=O) groups is 1. The fourth-order valence-electron chi connectivity index (χ4n) is 5.01. The molecule has 1 atom stereocenters. The summed E-state index contributed by atoms with van der Waals surface area (Å²) in [4.78, 5) is 31.1. The van der Waals surface area contributed by atoms with Crippen molar-refractivity contribution in [2.45, 2.75) is 38.0 Å². The smallest absolute Gasteiger partial charge is 0.255 e. The summed E-state index contributed by atoms with van der Waals surface area (Å²) in [6.07, 6.45) is 7.86.